The average molecular weight is 455 g/mol. The van der Waals surface area contributed by atoms with Gasteiger partial charge in [-0.3, -0.25) is 5.32 Å². The Morgan fingerprint density at radius 2 is 1.94 bits per heavy atom. The number of nitrogens with one attached hydrogen (secondary N) is 2. The molecule has 2 N–H and O–H groups in total. The van der Waals surface area contributed by atoms with Crippen LogP contribution in [0.15, 0.2) is 30.3 Å². The summed E-state index contributed by atoms with van der Waals surface area (Å²) in [7, 11) is 3.09. The van der Waals surface area contributed by atoms with E-state index in [1.54, 1.807) is 13.2 Å². The van der Waals surface area contributed by atoms with E-state index in [4.69, 9.17) is 9.47 Å². The fraction of sp³-hybridized carbons (Fsp3) is 0.364. The molecule has 1 aliphatic rings. The number of carbonyl (C=O) groups is 1. The van der Waals surface area contributed by atoms with Crippen LogP contribution in [-0.4, -0.2) is 41.7 Å². The topological polar surface area (TPSA) is 102 Å². The molecule has 2 aromatic heterocycles. The second-order valence-electron chi connectivity index (χ2n) is 7.64. The molecule has 168 valence electrons. The van der Waals surface area contributed by atoms with Crippen molar-refractivity contribution in [3.05, 3.63) is 46.5 Å². The zero-order valence-electron chi connectivity index (χ0n) is 18.5. The Hall–Kier alpha value is -3.40. The Bertz CT molecular complexity index is 1090. The predicted octanol–water partition coefficient (Wildman–Crippen LogP) is 4.28. The van der Waals surface area contributed by atoms with Gasteiger partial charge < -0.3 is 19.7 Å². The maximum atomic E-state index is 12.6. The number of benzene rings is 1. The minimum atomic E-state index is -0.300. The molecule has 0 bridgehead atoms. The SMILES string of the molecule is COc1cc(N2CCc3nc(NC(=O)Nc4ccccc4C(C)C)sc3C2)nc(OC)n1. The van der Waals surface area contributed by atoms with Crippen molar-refractivity contribution < 1.29 is 14.3 Å². The Labute approximate surface area is 190 Å². The Morgan fingerprint density at radius 3 is 2.69 bits per heavy atom. The van der Waals surface area contributed by atoms with Crippen molar-refractivity contribution in [2.24, 2.45) is 0 Å². The molecule has 1 aliphatic heterocycles. The molecular formula is C22H26N6O3S. The molecule has 2 amide bonds. The zero-order valence-corrected chi connectivity index (χ0v) is 19.3. The minimum Gasteiger partial charge on any atom is -0.481 e. The number of urea groups is 1. The quantitative estimate of drug-likeness (QED) is 0.573. The highest BCUT2D eigenvalue weighted by atomic mass is 32.1. The molecule has 32 heavy (non-hydrogen) atoms. The van der Waals surface area contributed by atoms with Crippen molar-refractivity contribution in [2.75, 3.05) is 36.3 Å². The maximum absolute atomic E-state index is 12.6. The third kappa shape index (κ3) is 4.75. The van der Waals surface area contributed by atoms with E-state index >= 15 is 0 Å². The van der Waals surface area contributed by atoms with E-state index in [0.29, 0.717) is 23.5 Å². The second-order valence-corrected chi connectivity index (χ2v) is 8.72. The summed E-state index contributed by atoms with van der Waals surface area (Å²) in [6, 6.07) is 9.56. The maximum Gasteiger partial charge on any atom is 0.325 e. The standard InChI is InChI=1S/C22H26N6O3S/c1-13(2)14-7-5-6-8-15(14)23-20(29)27-22-24-16-9-10-28(12-17(16)32-22)18-11-19(30-3)26-21(25-18)31-4/h5-8,11,13H,9-10,12H2,1-4H3,(H2,23,24,27,29). The molecule has 3 heterocycles. The van der Waals surface area contributed by atoms with Gasteiger partial charge in [-0.2, -0.15) is 9.97 Å². The summed E-state index contributed by atoms with van der Waals surface area (Å²) in [5.74, 6) is 1.48. The average Bonchev–Trinajstić information content (AvgIpc) is 3.20. The van der Waals surface area contributed by atoms with Gasteiger partial charge in [0.15, 0.2) is 5.13 Å². The van der Waals surface area contributed by atoms with E-state index in [1.165, 1.54) is 18.4 Å². The fourth-order valence-corrected chi connectivity index (χ4v) is 4.58. The largest absolute Gasteiger partial charge is 0.481 e. The number of nitrogens with zero attached hydrogens (tertiary/aromatic N) is 4. The first-order valence-electron chi connectivity index (χ1n) is 10.3. The molecule has 0 unspecified atom stereocenters. The van der Waals surface area contributed by atoms with Gasteiger partial charge >= 0.3 is 12.0 Å². The third-order valence-corrected chi connectivity index (χ3v) is 6.16. The van der Waals surface area contributed by atoms with Gasteiger partial charge in [0.25, 0.3) is 0 Å². The predicted molar refractivity (Wildman–Crippen MR) is 125 cm³/mol. The van der Waals surface area contributed by atoms with Crippen molar-refractivity contribution >= 4 is 34.0 Å². The number of para-hydroxylation sites is 1. The van der Waals surface area contributed by atoms with E-state index in [2.05, 4.69) is 44.3 Å². The lowest BCUT2D eigenvalue weighted by Crippen LogP contribution is -2.30. The van der Waals surface area contributed by atoms with Crippen molar-refractivity contribution in [2.45, 2.75) is 32.7 Å². The number of rotatable bonds is 6. The van der Waals surface area contributed by atoms with Crippen LogP contribution in [0.5, 0.6) is 11.9 Å². The lowest BCUT2D eigenvalue weighted by Gasteiger charge is -2.27. The fourth-order valence-electron chi connectivity index (χ4n) is 3.56. The molecule has 1 aromatic carbocycles. The number of aromatic nitrogens is 3. The van der Waals surface area contributed by atoms with Crippen LogP contribution in [0.25, 0.3) is 0 Å². The summed E-state index contributed by atoms with van der Waals surface area (Å²) in [4.78, 5) is 29.0. The van der Waals surface area contributed by atoms with Gasteiger partial charge in [-0.15, -0.1) is 0 Å². The van der Waals surface area contributed by atoms with Crippen molar-refractivity contribution in [1.29, 1.82) is 0 Å². The van der Waals surface area contributed by atoms with Crippen LogP contribution < -0.4 is 25.0 Å². The second kappa shape index (κ2) is 9.39. The monoisotopic (exact) mass is 454 g/mol. The molecule has 0 fully saturated rings. The number of ether oxygens (including phenoxy) is 2. The van der Waals surface area contributed by atoms with Gasteiger partial charge in [0.2, 0.25) is 5.88 Å². The number of methoxy groups -OCH3 is 2. The Kier molecular flexibility index (Phi) is 6.40. The van der Waals surface area contributed by atoms with Crippen LogP contribution in [0.4, 0.5) is 21.4 Å². The number of carbonyl (C=O) groups excluding carboxylic acids is 1. The first kappa shape index (κ1) is 21.8. The molecule has 0 atom stereocenters. The van der Waals surface area contributed by atoms with E-state index in [9.17, 15) is 4.79 Å². The minimum absolute atomic E-state index is 0.259. The van der Waals surface area contributed by atoms with Gasteiger partial charge in [0.05, 0.1) is 26.5 Å². The molecule has 3 aromatic rings. The normalized spacial score (nSPS) is 13.0. The molecule has 0 saturated carbocycles. The summed E-state index contributed by atoms with van der Waals surface area (Å²) in [5.41, 5.74) is 2.89. The number of hydrogen-bond acceptors (Lipinski definition) is 8. The van der Waals surface area contributed by atoms with Crippen LogP contribution in [0.2, 0.25) is 0 Å². The van der Waals surface area contributed by atoms with Gasteiger partial charge in [0, 0.05) is 29.6 Å². The molecule has 0 saturated heterocycles. The summed E-state index contributed by atoms with van der Waals surface area (Å²) >= 11 is 1.47. The summed E-state index contributed by atoms with van der Waals surface area (Å²) in [6.07, 6.45) is 0.750. The van der Waals surface area contributed by atoms with Crippen LogP contribution >= 0.6 is 11.3 Å². The number of hydrogen-bond donors (Lipinski definition) is 2. The highest BCUT2D eigenvalue weighted by Gasteiger charge is 2.23. The van der Waals surface area contributed by atoms with Crippen molar-refractivity contribution in [3.8, 4) is 11.9 Å². The highest BCUT2D eigenvalue weighted by molar-refractivity contribution is 7.15. The van der Waals surface area contributed by atoms with E-state index < -0.39 is 0 Å². The smallest absolute Gasteiger partial charge is 0.325 e. The van der Waals surface area contributed by atoms with E-state index in [-0.39, 0.29) is 12.0 Å². The first-order chi connectivity index (χ1) is 15.5. The Balaban J connectivity index is 1.45. The van der Waals surface area contributed by atoms with Crippen LogP contribution in [0.3, 0.4) is 0 Å². The first-order valence-corrected chi connectivity index (χ1v) is 11.2. The molecule has 0 radical (unpaired) electrons. The van der Waals surface area contributed by atoms with Gasteiger partial charge in [-0.05, 0) is 17.5 Å². The lowest BCUT2D eigenvalue weighted by atomic mass is 10.0. The number of fused-ring (bicyclic) bond motifs is 1. The molecule has 9 nitrogen and oxygen atoms in total. The van der Waals surface area contributed by atoms with E-state index in [0.717, 1.165) is 40.6 Å². The number of anilines is 3. The third-order valence-electron chi connectivity index (χ3n) is 5.17. The van der Waals surface area contributed by atoms with Gasteiger partial charge in [-0.1, -0.05) is 43.4 Å². The molecule has 10 heteroatoms. The Morgan fingerprint density at radius 1 is 1.12 bits per heavy atom. The van der Waals surface area contributed by atoms with Gasteiger partial charge in [0.1, 0.15) is 5.82 Å². The molecule has 0 spiro atoms. The summed E-state index contributed by atoms with van der Waals surface area (Å²) in [6.45, 7) is 5.58. The summed E-state index contributed by atoms with van der Waals surface area (Å²) in [5, 5.41) is 6.40. The highest BCUT2D eigenvalue weighted by Crippen LogP contribution is 2.32. The van der Waals surface area contributed by atoms with Crippen molar-refractivity contribution in [1.82, 2.24) is 15.0 Å². The van der Waals surface area contributed by atoms with Crippen LogP contribution in [0, 0.1) is 0 Å². The molecular weight excluding hydrogens is 428 g/mol. The van der Waals surface area contributed by atoms with Gasteiger partial charge in [-0.25, -0.2) is 9.78 Å². The van der Waals surface area contributed by atoms with Crippen molar-refractivity contribution in [3.63, 3.8) is 0 Å². The summed E-state index contributed by atoms with van der Waals surface area (Å²) < 4.78 is 10.4. The molecule has 0 aliphatic carbocycles. The molecule has 4 rings (SSSR count). The van der Waals surface area contributed by atoms with E-state index in [1.807, 2.05) is 24.3 Å². The number of thiazole rings is 1. The zero-order chi connectivity index (χ0) is 22.7. The number of amides is 2. The van der Waals surface area contributed by atoms with Crippen LogP contribution in [-0.2, 0) is 13.0 Å². The lowest BCUT2D eigenvalue weighted by molar-refractivity contribution is 0.262. The van der Waals surface area contributed by atoms with Crippen LogP contribution in [0.1, 0.15) is 35.9 Å².